The smallest absolute Gasteiger partial charge is 0.462 e. The first-order valence-electron chi connectivity index (χ1n) is 33.5. The van der Waals surface area contributed by atoms with Gasteiger partial charge in [0.15, 0.2) is 12.2 Å². The molecule has 83 heavy (non-hydrogen) atoms. The zero-order valence-electron chi connectivity index (χ0n) is 53.5. The molecule has 0 saturated heterocycles. The highest BCUT2D eigenvalue weighted by Gasteiger charge is 2.30. The average Bonchev–Trinajstić information content (AvgIpc) is 3.45. The van der Waals surface area contributed by atoms with Crippen molar-refractivity contribution in [2.24, 2.45) is 11.8 Å². The summed E-state index contributed by atoms with van der Waals surface area (Å²) < 4.78 is 67.9. The van der Waals surface area contributed by atoms with Gasteiger partial charge in [0.05, 0.1) is 26.4 Å². The van der Waals surface area contributed by atoms with E-state index in [-0.39, 0.29) is 25.7 Å². The molecule has 0 aromatic heterocycles. The predicted octanol–water partition coefficient (Wildman–Crippen LogP) is 17.7. The van der Waals surface area contributed by atoms with Crippen LogP contribution in [0.3, 0.4) is 0 Å². The quantitative estimate of drug-likeness (QED) is 0.0222. The fourth-order valence-electron chi connectivity index (χ4n) is 9.53. The van der Waals surface area contributed by atoms with E-state index in [1.165, 1.54) is 122 Å². The lowest BCUT2D eigenvalue weighted by Crippen LogP contribution is -2.30. The first-order chi connectivity index (χ1) is 39.9. The lowest BCUT2D eigenvalue weighted by atomic mass is 10.0. The standard InChI is InChI=1S/C64H124O17P2/c1-7-9-11-13-15-16-19-23-29-35-41-47-62(67)75-53-60(80-63(68)48-42-36-30-24-21-18-17-20-22-27-32-38-44-56(3)4)55-79-83(72,73)77-51-58(65)50-76-82(70,71)78-54-59(52-74-61(66)46-40-34-26-14-12-10-8-2)81-64(69)49-43-37-31-25-28-33-39-45-57(5)6/h56-60,65H,7-55H2,1-6H3,(H,70,71)(H,72,73)/t58-,59+,60+/m0/s1. The van der Waals surface area contributed by atoms with E-state index in [0.29, 0.717) is 31.6 Å². The van der Waals surface area contributed by atoms with Gasteiger partial charge in [0.25, 0.3) is 0 Å². The van der Waals surface area contributed by atoms with Crippen molar-refractivity contribution in [2.45, 2.75) is 336 Å². The summed E-state index contributed by atoms with van der Waals surface area (Å²) in [6.45, 7) is 9.40. The molecule has 0 aliphatic rings. The van der Waals surface area contributed by atoms with Gasteiger partial charge >= 0.3 is 39.5 Å². The van der Waals surface area contributed by atoms with E-state index in [1.807, 2.05) is 0 Å². The first kappa shape index (κ1) is 81.1. The van der Waals surface area contributed by atoms with Crippen molar-refractivity contribution in [3.05, 3.63) is 0 Å². The van der Waals surface area contributed by atoms with Crippen LogP contribution in [-0.2, 0) is 65.4 Å². The number of carbonyl (C=O) groups is 4. The molecule has 2 unspecified atom stereocenters. The lowest BCUT2D eigenvalue weighted by molar-refractivity contribution is -0.161. The Balaban J connectivity index is 5.21. The highest BCUT2D eigenvalue weighted by atomic mass is 31.2. The van der Waals surface area contributed by atoms with Gasteiger partial charge in [-0.3, -0.25) is 37.3 Å². The molecule has 492 valence electrons. The number of aliphatic hydroxyl groups excluding tert-OH is 1. The Kier molecular flexibility index (Phi) is 55.2. The predicted molar refractivity (Wildman–Crippen MR) is 331 cm³/mol. The molecular formula is C64H124O17P2. The molecule has 0 aromatic rings. The zero-order chi connectivity index (χ0) is 61.5. The number of rotatable bonds is 63. The molecular weight excluding hydrogens is 1100 g/mol. The van der Waals surface area contributed by atoms with E-state index in [2.05, 4.69) is 41.5 Å². The first-order valence-corrected chi connectivity index (χ1v) is 36.5. The molecule has 0 bridgehead atoms. The van der Waals surface area contributed by atoms with Crippen LogP contribution in [0.1, 0.15) is 318 Å². The number of unbranched alkanes of at least 4 members (excludes halogenated alkanes) is 33. The minimum Gasteiger partial charge on any atom is -0.462 e. The maximum absolute atomic E-state index is 13.0. The zero-order valence-corrected chi connectivity index (χ0v) is 55.3. The summed E-state index contributed by atoms with van der Waals surface area (Å²) in [6, 6.07) is 0. The molecule has 0 amide bonds. The second-order valence-electron chi connectivity index (χ2n) is 24.1. The molecule has 0 aliphatic heterocycles. The Morgan fingerprint density at radius 3 is 0.819 bits per heavy atom. The SMILES string of the molecule is CCCCCCCCCCCCCC(=O)OC[C@H](COP(=O)(O)OC[C@@H](O)COP(=O)(O)OC[C@@H](COC(=O)CCCCCCCCC)OC(=O)CCCCCCCCCC(C)C)OC(=O)CCCCCCCCCCCCCCC(C)C. The molecule has 0 fully saturated rings. The van der Waals surface area contributed by atoms with Crippen molar-refractivity contribution in [3.63, 3.8) is 0 Å². The summed E-state index contributed by atoms with van der Waals surface area (Å²) in [7, 11) is -9.88. The molecule has 0 saturated carbocycles. The summed E-state index contributed by atoms with van der Waals surface area (Å²) in [6.07, 6.45) is 39.1. The molecule has 0 heterocycles. The van der Waals surface area contributed by atoms with E-state index in [9.17, 15) is 43.2 Å². The van der Waals surface area contributed by atoms with Gasteiger partial charge < -0.3 is 33.8 Å². The van der Waals surface area contributed by atoms with Crippen LogP contribution in [0.5, 0.6) is 0 Å². The minimum absolute atomic E-state index is 0.103. The highest BCUT2D eigenvalue weighted by Crippen LogP contribution is 2.45. The number of esters is 4. The molecule has 0 radical (unpaired) electrons. The third-order valence-electron chi connectivity index (χ3n) is 14.7. The van der Waals surface area contributed by atoms with Gasteiger partial charge in [0, 0.05) is 25.7 Å². The lowest BCUT2D eigenvalue weighted by Gasteiger charge is -2.21. The maximum atomic E-state index is 13.0. The topological polar surface area (TPSA) is 237 Å². The Labute approximate surface area is 505 Å². The molecule has 0 aliphatic carbocycles. The fraction of sp³-hybridized carbons (Fsp3) is 0.938. The monoisotopic (exact) mass is 1230 g/mol. The van der Waals surface area contributed by atoms with E-state index in [4.69, 9.17) is 37.0 Å². The number of phosphoric acid groups is 2. The number of carbonyl (C=O) groups excluding carboxylic acids is 4. The number of aliphatic hydroxyl groups is 1. The number of hydrogen-bond acceptors (Lipinski definition) is 15. The molecule has 17 nitrogen and oxygen atoms in total. The second kappa shape index (κ2) is 56.6. The van der Waals surface area contributed by atoms with Crippen LogP contribution in [0.25, 0.3) is 0 Å². The van der Waals surface area contributed by atoms with E-state index in [1.54, 1.807) is 0 Å². The van der Waals surface area contributed by atoms with Crippen LogP contribution in [0.4, 0.5) is 0 Å². The summed E-state index contributed by atoms with van der Waals surface area (Å²) in [5.41, 5.74) is 0. The Bertz CT molecular complexity index is 1630. The Morgan fingerprint density at radius 2 is 0.554 bits per heavy atom. The third-order valence-corrected chi connectivity index (χ3v) is 16.6. The summed E-state index contributed by atoms with van der Waals surface area (Å²) >= 11 is 0. The minimum atomic E-state index is -4.94. The van der Waals surface area contributed by atoms with Crippen molar-refractivity contribution >= 4 is 39.5 Å². The maximum Gasteiger partial charge on any atom is 0.472 e. The molecule has 3 N–H and O–H groups in total. The summed E-state index contributed by atoms with van der Waals surface area (Å²) in [5.74, 6) is -0.666. The number of phosphoric ester groups is 2. The highest BCUT2D eigenvalue weighted by molar-refractivity contribution is 7.47. The van der Waals surface area contributed by atoms with Gasteiger partial charge in [0.1, 0.15) is 19.3 Å². The molecule has 0 spiro atoms. The third kappa shape index (κ3) is 58.8. The van der Waals surface area contributed by atoms with Crippen molar-refractivity contribution in [3.8, 4) is 0 Å². The van der Waals surface area contributed by atoms with E-state index >= 15 is 0 Å². The van der Waals surface area contributed by atoms with Crippen LogP contribution in [0.2, 0.25) is 0 Å². The van der Waals surface area contributed by atoms with E-state index in [0.717, 1.165) is 109 Å². The van der Waals surface area contributed by atoms with Crippen LogP contribution in [-0.4, -0.2) is 96.7 Å². The van der Waals surface area contributed by atoms with Crippen LogP contribution >= 0.6 is 15.6 Å². The van der Waals surface area contributed by atoms with Gasteiger partial charge in [0.2, 0.25) is 0 Å². The van der Waals surface area contributed by atoms with Crippen molar-refractivity contribution in [2.75, 3.05) is 39.6 Å². The van der Waals surface area contributed by atoms with Gasteiger partial charge in [-0.1, -0.05) is 266 Å². The van der Waals surface area contributed by atoms with E-state index < -0.39 is 97.5 Å². The van der Waals surface area contributed by atoms with Crippen LogP contribution < -0.4 is 0 Å². The van der Waals surface area contributed by atoms with Crippen LogP contribution in [0, 0.1) is 11.8 Å². The summed E-state index contributed by atoms with van der Waals surface area (Å²) in [5, 5.41) is 10.5. The fourth-order valence-corrected chi connectivity index (χ4v) is 11.1. The van der Waals surface area contributed by atoms with Crippen molar-refractivity contribution in [1.82, 2.24) is 0 Å². The Hall–Kier alpha value is -1.94. The Morgan fingerprint density at radius 1 is 0.325 bits per heavy atom. The number of hydrogen-bond donors (Lipinski definition) is 3. The van der Waals surface area contributed by atoms with Gasteiger partial charge in [-0.05, 0) is 37.5 Å². The van der Waals surface area contributed by atoms with Gasteiger partial charge in [-0.2, -0.15) is 0 Å². The molecule has 0 aromatic carbocycles. The van der Waals surface area contributed by atoms with Crippen LogP contribution in [0.15, 0.2) is 0 Å². The molecule has 5 atom stereocenters. The van der Waals surface area contributed by atoms with Gasteiger partial charge in [-0.25, -0.2) is 9.13 Å². The normalized spacial score (nSPS) is 14.3. The van der Waals surface area contributed by atoms with Crippen molar-refractivity contribution in [1.29, 1.82) is 0 Å². The van der Waals surface area contributed by atoms with Crippen molar-refractivity contribution < 1.29 is 80.2 Å². The molecule has 0 rings (SSSR count). The summed E-state index contributed by atoms with van der Waals surface area (Å²) in [4.78, 5) is 72.1. The average molecular weight is 1230 g/mol. The molecule has 19 heteroatoms. The number of ether oxygens (including phenoxy) is 4. The second-order valence-corrected chi connectivity index (χ2v) is 27.0. The van der Waals surface area contributed by atoms with Gasteiger partial charge in [-0.15, -0.1) is 0 Å². The largest absolute Gasteiger partial charge is 0.472 e.